The molecule has 1 aliphatic heterocycles. The van der Waals surface area contributed by atoms with Crippen molar-refractivity contribution in [2.75, 3.05) is 0 Å². The standard InChI is InChI=1S/C19H24ClNO.C6H5Cl/c1-12-2-11-17(13-7-9-16(20)10-8-13)21(19(12)22)18(14-3-4-14)15-5-6-15;7-6-4-2-1-3-5-6/h7-10,12,14-15,17-18H,2-6,11H2,1H3;1-5H/t12?,17-;/m0./s1. The Hall–Kier alpha value is -1.51. The van der Waals surface area contributed by atoms with E-state index < -0.39 is 0 Å². The average molecular weight is 430 g/mol. The van der Waals surface area contributed by atoms with Gasteiger partial charge in [-0.3, -0.25) is 4.79 Å². The number of hydrogen-bond acceptors (Lipinski definition) is 1. The molecule has 3 fully saturated rings. The number of benzene rings is 2. The van der Waals surface area contributed by atoms with E-state index in [4.69, 9.17) is 23.2 Å². The summed E-state index contributed by atoms with van der Waals surface area (Å²) in [5.41, 5.74) is 1.26. The largest absolute Gasteiger partial charge is 0.332 e. The van der Waals surface area contributed by atoms with Crippen LogP contribution in [0.5, 0.6) is 0 Å². The monoisotopic (exact) mass is 429 g/mol. The van der Waals surface area contributed by atoms with Gasteiger partial charge in [-0.2, -0.15) is 0 Å². The molecular formula is C25H29Cl2NO. The summed E-state index contributed by atoms with van der Waals surface area (Å²) in [5, 5.41) is 1.56. The number of rotatable bonds is 4. The summed E-state index contributed by atoms with van der Waals surface area (Å²) in [6.45, 7) is 2.10. The molecule has 0 N–H and O–H groups in total. The Morgan fingerprint density at radius 2 is 1.34 bits per heavy atom. The van der Waals surface area contributed by atoms with Gasteiger partial charge in [0.05, 0.1) is 6.04 Å². The van der Waals surface area contributed by atoms with Gasteiger partial charge in [0, 0.05) is 22.0 Å². The second kappa shape index (κ2) is 9.10. The van der Waals surface area contributed by atoms with Gasteiger partial charge in [0.15, 0.2) is 0 Å². The molecule has 2 aromatic rings. The number of hydrogen-bond donors (Lipinski definition) is 0. The molecule has 1 heterocycles. The maximum absolute atomic E-state index is 13.0. The molecule has 5 rings (SSSR count). The average Bonchev–Trinajstić information content (AvgIpc) is 3.62. The Kier molecular flexibility index (Phi) is 6.51. The van der Waals surface area contributed by atoms with Gasteiger partial charge in [-0.15, -0.1) is 0 Å². The third kappa shape index (κ3) is 5.16. The first-order chi connectivity index (χ1) is 14.0. The first-order valence-corrected chi connectivity index (χ1v) is 11.6. The van der Waals surface area contributed by atoms with Crippen molar-refractivity contribution in [2.45, 2.75) is 57.5 Å². The van der Waals surface area contributed by atoms with E-state index >= 15 is 0 Å². The minimum atomic E-state index is 0.184. The van der Waals surface area contributed by atoms with Crippen molar-refractivity contribution in [1.82, 2.24) is 4.90 Å². The van der Waals surface area contributed by atoms with Crippen LogP contribution in [0.25, 0.3) is 0 Å². The number of halogens is 2. The number of piperidine rings is 1. The smallest absolute Gasteiger partial charge is 0.226 e. The molecule has 1 amide bonds. The lowest BCUT2D eigenvalue weighted by Gasteiger charge is -2.44. The lowest BCUT2D eigenvalue weighted by Crippen LogP contribution is -2.50. The number of nitrogens with zero attached hydrogens (tertiary/aromatic N) is 1. The van der Waals surface area contributed by atoms with Crippen molar-refractivity contribution >= 4 is 29.1 Å². The van der Waals surface area contributed by atoms with Gasteiger partial charge >= 0.3 is 0 Å². The van der Waals surface area contributed by atoms with Crippen LogP contribution < -0.4 is 0 Å². The zero-order valence-electron chi connectivity index (χ0n) is 16.9. The van der Waals surface area contributed by atoms with Gasteiger partial charge < -0.3 is 4.90 Å². The van der Waals surface area contributed by atoms with E-state index in [1.807, 2.05) is 42.5 Å². The highest BCUT2D eigenvalue weighted by Crippen LogP contribution is 2.51. The molecule has 154 valence electrons. The van der Waals surface area contributed by atoms with Crippen LogP contribution in [-0.4, -0.2) is 16.8 Å². The van der Waals surface area contributed by atoms with Crippen molar-refractivity contribution in [3.63, 3.8) is 0 Å². The summed E-state index contributed by atoms with van der Waals surface area (Å²) < 4.78 is 0. The summed E-state index contributed by atoms with van der Waals surface area (Å²) in [4.78, 5) is 15.3. The lowest BCUT2D eigenvalue weighted by molar-refractivity contribution is -0.146. The zero-order chi connectivity index (χ0) is 20.4. The molecule has 2 nitrogen and oxygen atoms in total. The van der Waals surface area contributed by atoms with Gasteiger partial charge in [-0.1, -0.05) is 60.5 Å². The molecule has 0 aromatic heterocycles. The van der Waals surface area contributed by atoms with Crippen molar-refractivity contribution < 1.29 is 4.79 Å². The number of carbonyl (C=O) groups is 1. The zero-order valence-corrected chi connectivity index (χ0v) is 18.4. The van der Waals surface area contributed by atoms with Crippen LogP contribution >= 0.6 is 23.2 Å². The number of amides is 1. The molecule has 0 radical (unpaired) electrons. The van der Waals surface area contributed by atoms with Crippen LogP contribution in [-0.2, 0) is 4.79 Å². The second-order valence-corrected chi connectivity index (χ2v) is 9.63. The van der Waals surface area contributed by atoms with Crippen LogP contribution in [0.15, 0.2) is 54.6 Å². The number of carbonyl (C=O) groups excluding carboxylic acids is 1. The molecular weight excluding hydrogens is 401 g/mol. The van der Waals surface area contributed by atoms with Gasteiger partial charge in [0.2, 0.25) is 5.91 Å². The van der Waals surface area contributed by atoms with E-state index in [0.29, 0.717) is 11.9 Å². The molecule has 4 heteroatoms. The third-order valence-corrected chi connectivity index (χ3v) is 6.91. The molecule has 2 aromatic carbocycles. The second-order valence-electron chi connectivity index (χ2n) is 8.75. The first-order valence-electron chi connectivity index (χ1n) is 10.8. The van der Waals surface area contributed by atoms with Gasteiger partial charge in [-0.05, 0) is 80.2 Å². The first kappa shape index (κ1) is 20.8. The summed E-state index contributed by atoms with van der Waals surface area (Å²) in [7, 11) is 0. The van der Waals surface area contributed by atoms with E-state index in [1.165, 1.54) is 31.2 Å². The van der Waals surface area contributed by atoms with Crippen molar-refractivity contribution in [3.05, 3.63) is 70.2 Å². The van der Waals surface area contributed by atoms with Crippen LogP contribution in [0.1, 0.15) is 57.1 Å². The topological polar surface area (TPSA) is 20.3 Å². The summed E-state index contributed by atoms with van der Waals surface area (Å²) in [6.07, 6.45) is 7.34. The van der Waals surface area contributed by atoms with E-state index in [2.05, 4.69) is 24.0 Å². The lowest BCUT2D eigenvalue weighted by atomic mass is 9.86. The Labute approximate surface area is 184 Å². The van der Waals surface area contributed by atoms with Crippen molar-refractivity contribution in [1.29, 1.82) is 0 Å². The number of likely N-dealkylation sites (tertiary alicyclic amines) is 1. The minimum Gasteiger partial charge on any atom is -0.332 e. The maximum Gasteiger partial charge on any atom is 0.226 e. The fraction of sp³-hybridized carbons (Fsp3) is 0.480. The Bertz CT molecular complexity index is 802. The van der Waals surface area contributed by atoms with Crippen LogP contribution in [0.3, 0.4) is 0 Å². The molecule has 1 unspecified atom stereocenters. The predicted molar refractivity (Wildman–Crippen MR) is 120 cm³/mol. The van der Waals surface area contributed by atoms with Crippen LogP contribution in [0.4, 0.5) is 0 Å². The van der Waals surface area contributed by atoms with Gasteiger partial charge in [-0.25, -0.2) is 0 Å². The molecule has 2 aliphatic carbocycles. The Balaban J connectivity index is 0.000000249. The van der Waals surface area contributed by atoms with Crippen molar-refractivity contribution in [2.24, 2.45) is 17.8 Å². The molecule has 2 saturated carbocycles. The van der Waals surface area contributed by atoms with Gasteiger partial charge in [0.1, 0.15) is 0 Å². The van der Waals surface area contributed by atoms with Crippen LogP contribution in [0.2, 0.25) is 10.0 Å². The third-order valence-electron chi connectivity index (χ3n) is 6.40. The van der Waals surface area contributed by atoms with Crippen molar-refractivity contribution in [3.8, 4) is 0 Å². The van der Waals surface area contributed by atoms with Crippen LogP contribution in [0, 0.1) is 17.8 Å². The maximum atomic E-state index is 13.0. The Morgan fingerprint density at radius 1 is 0.793 bits per heavy atom. The van der Waals surface area contributed by atoms with E-state index in [1.54, 1.807) is 0 Å². The minimum absolute atomic E-state index is 0.184. The highest BCUT2D eigenvalue weighted by Gasteiger charge is 2.50. The SMILES string of the molecule is CC1CC[C@@H](c2ccc(Cl)cc2)N(C(C2CC2)C2CC2)C1=O.Clc1ccccc1. The highest BCUT2D eigenvalue weighted by atomic mass is 35.5. The summed E-state index contributed by atoms with van der Waals surface area (Å²) in [6, 6.07) is 18.3. The van der Waals surface area contributed by atoms with E-state index in [0.717, 1.165) is 34.7 Å². The van der Waals surface area contributed by atoms with E-state index in [9.17, 15) is 4.79 Å². The normalized spacial score (nSPS) is 24.3. The molecule has 1 saturated heterocycles. The fourth-order valence-electron chi connectivity index (χ4n) is 4.57. The molecule has 2 atom stereocenters. The molecule has 0 spiro atoms. The molecule has 3 aliphatic rings. The summed E-state index contributed by atoms with van der Waals surface area (Å²) in [5.74, 6) is 2.09. The fourth-order valence-corrected chi connectivity index (χ4v) is 4.85. The predicted octanol–water partition coefficient (Wildman–Crippen LogP) is 7.17. The van der Waals surface area contributed by atoms with E-state index in [-0.39, 0.29) is 12.0 Å². The highest BCUT2D eigenvalue weighted by molar-refractivity contribution is 6.30. The summed E-state index contributed by atoms with van der Waals surface area (Å²) >= 11 is 11.6. The van der Waals surface area contributed by atoms with Gasteiger partial charge in [0.25, 0.3) is 0 Å². The Morgan fingerprint density at radius 3 is 1.83 bits per heavy atom. The molecule has 0 bridgehead atoms. The quantitative estimate of drug-likeness (QED) is 0.504. The molecule has 29 heavy (non-hydrogen) atoms.